The quantitative estimate of drug-likeness (QED) is 0.0989. The Morgan fingerprint density at radius 2 is 1.41 bits per heavy atom. The zero-order chi connectivity index (χ0) is 33.0. The fraction of sp³-hybridized carbons (Fsp3) is 0.615. The highest BCUT2D eigenvalue weighted by atomic mass is 16.7. The molecule has 2 aromatic rings. The van der Waals surface area contributed by atoms with Crippen LogP contribution in [-0.4, -0.2) is 48.4 Å². The van der Waals surface area contributed by atoms with Gasteiger partial charge in [-0.2, -0.15) is 0 Å². The molecule has 1 amide bonds. The van der Waals surface area contributed by atoms with Crippen LogP contribution in [0.25, 0.3) is 0 Å². The molecule has 1 heterocycles. The molecule has 7 heteroatoms. The average molecular weight is 637 g/mol. The lowest BCUT2D eigenvalue weighted by atomic mass is 9.90. The highest BCUT2D eigenvalue weighted by Gasteiger charge is 2.39. The van der Waals surface area contributed by atoms with Gasteiger partial charge in [0.1, 0.15) is 6.61 Å². The van der Waals surface area contributed by atoms with Crippen LogP contribution in [0.3, 0.4) is 0 Å². The number of rotatable bonds is 22. The van der Waals surface area contributed by atoms with E-state index >= 15 is 0 Å². The van der Waals surface area contributed by atoms with E-state index in [1.54, 1.807) is 0 Å². The SMILES string of the molecule is C=CCOC(=O)Nc1ccc(C2OC(CN(CCCCCCCC)CCCCCCCC)C(C)C(c3ccc(CO)cc3)O2)cc1. The van der Waals surface area contributed by atoms with Crippen molar-refractivity contribution in [2.24, 2.45) is 5.92 Å². The lowest BCUT2D eigenvalue weighted by Crippen LogP contribution is -2.45. The molecule has 4 atom stereocenters. The summed E-state index contributed by atoms with van der Waals surface area (Å²) in [6, 6.07) is 15.7. The molecule has 0 aliphatic carbocycles. The number of nitrogens with zero attached hydrogens (tertiary/aromatic N) is 1. The van der Waals surface area contributed by atoms with Crippen LogP contribution in [-0.2, 0) is 20.8 Å². The van der Waals surface area contributed by atoms with Crippen LogP contribution in [0.1, 0.15) is 127 Å². The average Bonchev–Trinajstić information content (AvgIpc) is 3.08. The number of carbonyl (C=O) groups is 1. The van der Waals surface area contributed by atoms with Crippen molar-refractivity contribution in [2.45, 2.75) is 123 Å². The van der Waals surface area contributed by atoms with Crippen molar-refractivity contribution in [3.8, 4) is 0 Å². The van der Waals surface area contributed by atoms with Gasteiger partial charge in [-0.15, -0.1) is 0 Å². The number of aliphatic hydroxyl groups is 1. The van der Waals surface area contributed by atoms with Gasteiger partial charge < -0.3 is 24.2 Å². The molecular formula is C39H60N2O5. The second-order valence-corrected chi connectivity index (χ2v) is 12.8. The summed E-state index contributed by atoms with van der Waals surface area (Å²) < 4.78 is 18.5. The first-order valence-electron chi connectivity index (χ1n) is 17.9. The number of unbranched alkanes of at least 4 members (excludes halogenated alkanes) is 10. The normalized spacial score (nSPS) is 19.7. The smallest absolute Gasteiger partial charge is 0.411 e. The number of hydrogen-bond acceptors (Lipinski definition) is 6. The molecule has 0 saturated carbocycles. The first kappa shape index (κ1) is 37.7. The lowest BCUT2D eigenvalue weighted by molar-refractivity contribution is -0.276. The van der Waals surface area contributed by atoms with Crippen molar-refractivity contribution in [1.82, 2.24) is 4.90 Å². The van der Waals surface area contributed by atoms with E-state index in [9.17, 15) is 9.90 Å². The summed E-state index contributed by atoms with van der Waals surface area (Å²) in [6.07, 6.45) is 15.8. The van der Waals surface area contributed by atoms with E-state index in [0.717, 1.165) is 36.3 Å². The Bertz CT molecular complexity index is 1090. The predicted molar refractivity (Wildman–Crippen MR) is 188 cm³/mol. The zero-order valence-corrected chi connectivity index (χ0v) is 28.8. The molecule has 0 radical (unpaired) electrons. The third kappa shape index (κ3) is 13.2. The minimum Gasteiger partial charge on any atom is -0.445 e. The summed E-state index contributed by atoms with van der Waals surface area (Å²) in [6.45, 7) is 13.6. The largest absolute Gasteiger partial charge is 0.445 e. The van der Waals surface area contributed by atoms with Crippen LogP contribution in [0.2, 0.25) is 0 Å². The van der Waals surface area contributed by atoms with E-state index in [-0.39, 0.29) is 31.3 Å². The molecular weight excluding hydrogens is 576 g/mol. The third-order valence-electron chi connectivity index (χ3n) is 8.98. The molecule has 46 heavy (non-hydrogen) atoms. The van der Waals surface area contributed by atoms with Crippen LogP contribution < -0.4 is 5.32 Å². The van der Waals surface area contributed by atoms with Gasteiger partial charge >= 0.3 is 6.09 Å². The van der Waals surface area contributed by atoms with Gasteiger partial charge in [0.2, 0.25) is 0 Å². The lowest BCUT2D eigenvalue weighted by Gasteiger charge is -2.43. The number of benzene rings is 2. The Hall–Kier alpha value is -2.71. The van der Waals surface area contributed by atoms with Crippen LogP contribution >= 0.6 is 0 Å². The van der Waals surface area contributed by atoms with E-state index in [1.807, 2.05) is 36.4 Å². The van der Waals surface area contributed by atoms with Gasteiger partial charge in [-0.25, -0.2) is 4.79 Å². The second-order valence-electron chi connectivity index (χ2n) is 12.8. The molecule has 7 nitrogen and oxygen atoms in total. The Morgan fingerprint density at radius 3 is 1.98 bits per heavy atom. The maximum Gasteiger partial charge on any atom is 0.411 e. The molecule has 1 saturated heterocycles. The Kier molecular flexibility index (Phi) is 18.0. The molecule has 1 fully saturated rings. The molecule has 2 aromatic carbocycles. The van der Waals surface area contributed by atoms with Crippen LogP contribution in [0.5, 0.6) is 0 Å². The number of nitrogens with one attached hydrogen (secondary N) is 1. The Balaban J connectivity index is 1.75. The number of anilines is 1. The monoisotopic (exact) mass is 636 g/mol. The van der Waals surface area contributed by atoms with Gasteiger partial charge in [0, 0.05) is 23.7 Å². The number of hydrogen-bond donors (Lipinski definition) is 2. The van der Waals surface area contributed by atoms with Gasteiger partial charge in [-0.1, -0.05) is 134 Å². The highest BCUT2D eigenvalue weighted by molar-refractivity contribution is 5.84. The first-order valence-corrected chi connectivity index (χ1v) is 17.9. The number of carbonyl (C=O) groups excluding carboxylic acids is 1. The van der Waals surface area contributed by atoms with Crippen LogP contribution in [0, 0.1) is 5.92 Å². The second kappa shape index (κ2) is 22.0. The van der Waals surface area contributed by atoms with Crippen molar-refractivity contribution in [3.63, 3.8) is 0 Å². The maximum absolute atomic E-state index is 12.0. The Morgan fingerprint density at radius 1 is 0.848 bits per heavy atom. The predicted octanol–water partition coefficient (Wildman–Crippen LogP) is 9.73. The minimum atomic E-state index is -0.546. The van der Waals surface area contributed by atoms with Crippen molar-refractivity contribution in [2.75, 3.05) is 31.6 Å². The minimum absolute atomic E-state index is 0.0169. The van der Waals surface area contributed by atoms with Gasteiger partial charge in [-0.05, 0) is 49.2 Å². The van der Waals surface area contributed by atoms with Gasteiger partial charge in [0.25, 0.3) is 0 Å². The van der Waals surface area contributed by atoms with E-state index in [4.69, 9.17) is 14.2 Å². The van der Waals surface area contributed by atoms with Gasteiger partial charge in [-0.3, -0.25) is 5.32 Å². The van der Waals surface area contributed by atoms with Crippen molar-refractivity contribution < 1.29 is 24.1 Å². The molecule has 0 bridgehead atoms. The fourth-order valence-electron chi connectivity index (χ4n) is 6.12. The molecule has 256 valence electrons. The summed E-state index contributed by atoms with van der Waals surface area (Å²) in [5.41, 5.74) is 3.51. The summed E-state index contributed by atoms with van der Waals surface area (Å²) in [7, 11) is 0. The standard InChI is InChI=1S/C39H60N2O5/c1-5-8-10-12-14-16-26-41(27-17-15-13-11-9-6-2)29-36-31(4)37(33-20-18-32(30-42)19-21-33)46-38(45-36)34-22-24-35(25-23-34)40-39(43)44-28-7-3/h7,18-25,31,36-38,42H,3,5-6,8-17,26-30H2,1-2,4H3,(H,40,43). The first-order chi connectivity index (χ1) is 22.5. The molecule has 4 unspecified atom stereocenters. The fourth-order valence-corrected chi connectivity index (χ4v) is 6.12. The van der Waals surface area contributed by atoms with Gasteiger partial charge in [0.15, 0.2) is 6.29 Å². The maximum atomic E-state index is 12.0. The number of amides is 1. The van der Waals surface area contributed by atoms with Crippen LogP contribution in [0.15, 0.2) is 61.2 Å². The summed E-state index contributed by atoms with van der Waals surface area (Å²) in [4.78, 5) is 14.7. The summed E-state index contributed by atoms with van der Waals surface area (Å²) in [5, 5.41) is 12.4. The third-order valence-corrected chi connectivity index (χ3v) is 8.98. The van der Waals surface area contributed by atoms with E-state index < -0.39 is 12.4 Å². The van der Waals surface area contributed by atoms with Crippen molar-refractivity contribution >= 4 is 11.8 Å². The van der Waals surface area contributed by atoms with Crippen molar-refractivity contribution in [1.29, 1.82) is 0 Å². The Labute approximate surface area is 278 Å². The van der Waals surface area contributed by atoms with E-state index in [2.05, 4.69) is 49.7 Å². The number of aliphatic hydroxyl groups excluding tert-OH is 1. The molecule has 1 aliphatic heterocycles. The highest BCUT2D eigenvalue weighted by Crippen LogP contribution is 2.42. The number of ether oxygens (including phenoxy) is 3. The van der Waals surface area contributed by atoms with Crippen LogP contribution in [0.4, 0.5) is 10.5 Å². The summed E-state index contributed by atoms with van der Waals surface area (Å²) >= 11 is 0. The topological polar surface area (TPSA) is 80.3 Å². The molecule has 3 rings (SSSR count). The summed E-state index contributed by atoms with van der Waals surface area (Å²) in [5.74, 6) is 0.133. The van der Waals surface area contributed by atoms with Crippen molar-refractivity contribution in [3.05, 3.63) is 77.9 Å². The molecule has 0 aromatic heterocycles. The molecule has 2 N–H and O–H groups in total. The van der Waals surface area contributed by atoms with E-state index in [1.165, 1.54) is 83.1 Å². The molecule has 0 spiro atoms. The zero-order valence-electron chi connectivity index (χ0n) is 28.8. The van der Waals surface area contributed by atoms with Gasteiger partial charge in [0.05, 0.1) is 18.8 Å². The van der Waals surface area contributed by atoms with E-state index in [0.29, 0.717) is 5.69 Å². The molecule has 1 aliphatic rings.